The molecule has 1 atom stereocenters. The molecule has 1 fully saturated rings. The van der Waals surface area contributed by atoms with E-state index in [9.17, 15) is 31.1 Å². The molecule has 10 heteroatoms. The van der Waals surface area contributed by atoms with Crippen LogP contribution in [0, 0.1) is 11.8 Å². The summed E-state index contributed by atoms with van der Waals surface area (Å²) in [4.78, 5) is 12.2. The van der Waals surface area contributed by atoms with Crippen molar-refractivity contribution < 1.29 is 31.1 Å². The van der Waals surface area contributed by atoms with Gasteiger partial charge >= 0.3 is 12.4 Å². The number of thioether (sulfide) groups is 1. The molecule has 0 bridgehead atoms. The fraction of sp³-hybridized carbons (Fsp3) is 0.533. The third-order valence-corrected chi connectivity index (χ3v) is 5.03. The lowest BCUT2D eigenvalue weighted by atomic mass is 9.88. The first-order valence-electron chi connectivity index (χ1n) is 7.40. The van der Waals surface area contributed by atoms with E-state index in [1.807, 2.05) is 0 Å². The molecule has 0 aliphatic carbocycles. The number of rotatable bonds is 5. The topological polar surface area (TPSA) is 41.1 Å². The van der Waals surface area contributed by atoms with Crippen molar-refractivity contribution in [3.63, 3.8) is 0 Å². The molecule has 0 spiro atoms. The maximum atomic E-state index is 12.9. The normalized spacial score (nSPS) is 17.1. The number of hydrogen-bond donors (Lipinski definition) is 2. The second-order valence-electron chi connectivity index (χ2n) is 5.81. The van der Waals surface area contributed by atoms with Crippen molar-refractivity contribution >= 4 is 23.4 Å². The highest BCUT2D eigenvalue weighted by molar-refractivity contribution is 7.99. The summed E-state index contributed by atoms with van der Waals surface area (Å²) >= 11 is 0.336. The standard InChI is InChI=1S/C15H16F6N2OS/c1-8(9-5-22-6-9)13(24)23-11-4-10(15(19,20)21)2-3-12(11)25-7-14(16,17)18/h2-4,8-9,22H,5-7H2,1H3,(H,23,24). The van der Waals surface area contributed by atoms with Gasteiger partial charge in [-0.1, -0.05) is 6.92 Å². The highest BCUT2D eigenvalue weighted by Crippen LogP contribution is 2.37. The minimum atomic E-state index is -4.66. The van der Waals surface area contributed by atoms with Crippen molar-refractivity contribution in [2.24, 2.45) is 11.8 Å². The summed E-state index contributed by atoms with van der Waals surface area (Å²) in [5, 5.41) is 5.33. The molecule has 25 heavy (non-hydrogen) atoms. The number of carbonyl (C=O) groups excluding carboxylic acids is 1. The third-order valence-electron chi connectivity index (χ3n) is 3.89. The molecule has 2 N–H and O–H groups in total. The van der Waals surface area contributed by atoms with Crippen LogP contribution in [-0.4, -0.2) is 30.9 Å². The first-order chi connectivity index (χ1) is 11.5. The molecule has 140 valence electrons. The molecule has 0 saturated carbocycles. The third kappa shape index (κ3) is 5.53. The molecule has 1 amide bonds. The highest BCUT2D eigenvalue weighted by Gasteiger charge is 2.33. The second-order valence-corrected chi connectivity index (χ2v) is 6.83. The van der Waals surface area contributed by atoms with E-state index >= 15 is 0 Å². The number of hydrogen-bond acceptors (Lipinski definition) is 3. The quantitative estimate of drug-likeness (QED) is 0.590. The Morgan fingerprint density at radius 3 is 2.40 bits per heavy atom. The van der Waals surface area contributed by atoms with Crippen LogP contribution >= 0.6 is 11.8 Å². The van der Waals surface area contributed by atoms with Crippen LogP contribution in [-0.2, 0) is 11.0 Å². The largest absolute Gasteiger partial charge is 0.416 e. The lowest BCUT2D eigenvalue weighted by Crippen LogP contribution is -2.48. The summed E-state index contributed by atoms with van der Waals surface area (Å²) < 4.78 is 75.8. The van der Waals surface area contributed by atoms with Crippen LogP contribution in [0.15, 0.2) is 23.1 Å². The zero-order valence-electron chi connectivity index (χ0n) is 13.1. The van der Waals surface area contributed by atoms with Gasteiger partial charge in [-0.15, -0.1) is 11.8 Å². The fourth-order valence-corrected chi connectivity index (χ4v) is 2.96. The van der Waals surface area contributed by atoms with Gasteiger partial charge in [0.2, 0.25) is 5.91 Å². The van der Waals surface area contributed by atoms with Gasteiger partial charge in [0.15, 0.2) is 0 Å². The SMILES string of the molecule is CC(C(=O)Nc1cc(C(F)(F)F)ccc1SCC(F)(F)F)C1CNC1. The smallest absolute Gasteiger partial charge is 0.325 e. The monoisotopic (exact) mass is 386 g/mol. The van der Waals surface area contributed by atoms with E-state index in [0.717, 1.165) is 6.07 Å². The Bertz CT molecular complexity index is 627. The van der Waals surface area contributed by atoms with Gasteiger partial charge in [-0.05, 0) is 37.2 Å². The molecule has 1 saturated heterocycles. The molecular formula is C15H16F6N2OS. The van der Waals surface area contributed by atoms with Crippen LogP contribution in [0.5, 0.6) is 0 Å². The van der Waals surface area contributed by atoms with Crippen LogP contribution in [0.2, 0.25) is 0 Å². The van der Waals surface area contributed by atoms with Gasteiger partial charge in [0.05, 0.1) is 17.0 Å². The summed E-state index contributed by atoms with van der Waals surface area (Å²) in [5.74, 6) is -2.18. The summed E-state index contributed by atoms with van der Waals surface area (Å²) in [5.41, 5.74) is -1.29. The van der Waals surface area contributed by atoms with E-state index in [0.29, 0.717) is 37.0 Å². The number of anilines is 1. The van der Waals surface area contributed by atoms with Crippen molar-refractivity contribution in [2.75, 3.05) is 24.2 Å². The molecule has 1 aromatic carbocycles. The Kier molecular flexibility index (Phi) is 5.93. The minimum Gasteiger partial charge on any atom is -0.325 e. The Morgan fingerprint density at radius 2 is 1.92 bits per heavy atom. The van der Waals surface area contributed by atoms with Crippen molar-refractivity contribution in [3.05, 3.63) is 23.8 Å². The first-order valence-corrected chi connectivity index (χ1v) is 8.38. The van der Waals surface area contributed by atoms with Crippen molar-refractivity contribution in [1.82, 2.24) is 5.32 Å². The molecule has 2 rings (SSSR count). The summed E-state index contributed by atoms with van der Waals surface area (Å²) in [6.07, 6.45) is -9.13. The molecule has 1 unspecified atom stereocenters. The first kappa shape index (κ1) is 19.9. The van der Waals surface area contributed by atoms with E-state index in [-0.39, 0.29) is 16.5 Å². The average molecular weight is 386 g/mol. The van der Waals surface area contributed by atoms with Gasteiger partial charge in [0.25, 0.3) is 0 Å². The van der Waals surface area contributed by atoms with Crippen LogP contribution < -0.4 is 10.6 Å². The van der Waals surface area contributed by atoms with Crippen LogP contribution in [0.3, 0.4) is 0 Å². The van der Waals surface area contributed by atoms with Crippen LogP contribution in [0.25, 0.3) is 0 Å². The fourth-order valence-electron chi connectivity index (χ4n) is 2.21. The van der Waals surface area contributed by atoms with E-state index in [2.05, 4.69) is 10.6 Å². The summed E-state index contributed by atoms with van der Waals surface area (Å²) in [6, 6.07) is 2.32. The Balaban J connectivity index is 2.22. The molecule has 1 heterocycles. The number of benzene rings is 1. The lowest BCUT2D eigenvalue weighted by molar-refractivity contribution is -0.137. The Hall–Kier alpha value is -1.42. The summed E-state index contributed by atoms with van der Waals surface area (Å²) in [7, 11) is 0. The maximum absolute atomic E-state index is 12.9. The predicted molar refractivity (Wildman–Crippen MR) is 82.4 cm³/mol. The van der Waals surface area contributed by atoms with E-state index < -0.39 is 35.5 Å². The maximum Gasteiger partial charge on any atom is 0.416 e. The van der Waals surface area contributed by atoms with E-state index in [1.165, 1.54) is 0 Å². The molecule has 3 nitrogen and oxygen atoms in total. The molecule has 1 aliphatic rings. The molecule has 0 radical (unpaired) electrons. The van der Waals surface area contributed by atoms with E-state index in [4.69, 9.17) is 0 Å². The Morgan fingerprint density at radius 1 is 1.28 bits per heavy atom. The number of carbonyl (C=O) groups is 1. The zero-order valence-corrected chi connectivity index (χ0v) is 13.9. The van der Waals surface area contributed by atoms with Crippen molar-refractivity contribution in [1.29, 1.82) is 0 Å². The van der Waals surface area contributed by atoms with Crippen LogP contribution in [0.1, 0.15) is 12.5 Å². The lowest BCUT2D eigenvalue weighted by Gasteiger charge is -2.31. The van der Waals surface area contributed by atoms with Gasteiger partial charge in [0, 0.05) is 10.8 Å². The van der Waals surface area contributed by atoms with Gasteiger partial charge in [-0.2, -0.15) is 26.3 Å². The molecular weight excluding hydrogens is 370 g/mol. The van der Waals surface area contributed by atoms with Gasteiger partial charge in [0.1, 0.15) is 0 Å². The van der Waals surface area contributed by atoms with Gasteiger partial charge in [-0.3, -0.25) is 4.79 Å². The molecule has 0 aromatic heterocycles. The summed E-state index contributed by atoms with van der Waals surface area (Å²) in [6.45, 7) is 2.87. The van der Waals surface area contributed by atoms with Crippen molar-refractivity contribution in [3.8, 4) is 0 Å². The Labute approximate surface area is 144 Å². The molecule has 1 aliphatic heterocycles. The minimum absolute atomic E-state index is 0.0528. The van der Waals surface area contributed by atoms with Crippen molar-refractivity contribution in [2.45, 2.75) is 24.2 Å². The predicted octanol–water partition coefficient (Wildman–Crippen LogP) is 4.15. The average Bonchev–Trinajstić information content (AvgIpc) is 2.41. The number of alkyl halides is 6. The number of nitrogens with one attached hydrogen (secondary N) is 2. The van der Waals surface area contributed by atoms with Crippen LogP contribution in [0.4, 0.5) is 32.0 Å². The molecule has 1 aromatic rings. The van der Waals surface area contributed by atoms with E-state index in [1.54, 1.807) is 6.92 Å². The highest BCUT2D eigenvalue weighted by atomic mass is 32.2. The second kappa shape index (κ2) is 7.45. The number of halogens is 6. The zero-order chi connectivity index (χ0) is 18.8. The van der Waals surface area contributed by atoms with Gasteiger partial charge in [-0.25, -0.2) is 0 Å². The van der Waals surface area contributed by atoms with Gasteiger partial charge < -0.3 is 10.6 Å². The number of amides is 1.